The number of methoxy groups -OCH3 is 1. The van der Waals surface area contributed by atoms with Crippen LogP contribution in [0, 0.1) is 0 Å². The highest BCUT2D eigenvalue weighted by molar-refractivity contribution is 6.18. The second-order valence-corrected chi connectivity index (χ2v) is 8.02. The van der Waals surface area contributed by atoms with E-state index in [0.717, 1.165) is 48.4 Å². The Labute approximate surface area is 207 Å². The number of amides is 1. The average molecular weight is 520 g/mol. The van der Waals surface area contributed by atoms with Gasteiger partial charge in [-0.1, -0.05) is 42.5 Å². The Balaban J connectivity index is 1.90. The fourth-order valence-corrected chi connectivity index (χ4v) is 4.03. The standard InChI is InChI=1S/C26H18F6N2O3/c1-37-24(36)20-21(33-18-11-5-9-16(13-18)25(27,28)29)23(35)34(22(20)15-7-3-2-4-8-15)19-12-6-10-17(14-19)26(30,31)32/h2-14,22,33H,1H3. The third-order valence-corrected chi connectivity index (χ3v) is 5.67. The van der Waals surface area contributed by atoms with E-state index in [4.69, 9.17) is 4.74 Å². The van der Waals surface area contributed by atoms with Gasteiger partial charge in [0, 0.05) is 11.4 Å². The van der Waals surface area contributed by atoms with Crippen LogP contribution >= 0.6 is 0 Å². The molecule has 3 aromatic carbocycles. The summed E-state index contributed by atoms with van der Waals surface area (Å²) in [7, 11) is 1.05. The van der Waals surface area contributed by atoms with Crippen molar-refractivity contribution >= 4 is 23.3 Å². The first-order valence-corrected chi connectivity index (χ1v) is 10.7. The number of halogens is 6. The van der Waals surface area contributed by atoms with Crippen LogP contribution in [0.3, 0.4) is 0 Å². The SMILES string of the molecule is COC(=O)C1=C(Nc2cccc(C(F)(F)F)c2)C(=O)N(c2cccc(C(F)(F)F)c2)C1c1ccccc1. The number of ether oxygens (including phenoxy) is 1. The predicted molar refractivity (Wildman–Crippen MR) is 122 cm³/mol. The number of carbonyl (C=O) groups is 2. The van der Waals surface area contributed by atoms with Gasteiger partial charge in [-0.3, -0.25) is 9.69 Å². The molecule has 1 N–H and O–H groups in total. The average Bonchev–Trinajstić information content (AvgIpc) is 3.15. The molecule has 11 heteroatoms. The third kappa shape index (κ3) is 5.16. The molecule has 1 amide bonds. The molecule has 37 heavy (non-hydrogen) atoms. The van der Waals surface area contributed by atoms with Crippen molar-refractivity contribution in [1.82, 2.24) is 0 Å². The van der Waals surface area contributed by atoms with Crippen molar-refractivity contribution in [1.29, 1.82) is 0 Å². The van der Waals surface area contributed by atoms with Crippen LogP contribution in [0.5, 0.6) is 0 Å². The molecule has 0 fully saturated rings. The van der Waals surface area contributed by atoms with Gasteiger partial charge < -0.3 is 10.1 Å². The Morgan fingerprint density at radius 2 is 1.43 bits per heavy atom. The van der Waals surface area contributed by atoms with E-state index in [1.807, 2.05) is 0 Å². The van der Waals surface area contributed by atoms with Gasteiger partial charge >= 0.3 is 18.3 Å². The van der Waals surface area contributed by atoms with Gasteiger partial charge in [0.25, 0.3) is 5.91 Å². The van der Waals surface area contributed by atoms with E-state index >= 15 is 0 Å². The van der Waals surface area contributed by atoms with Gasteiger partial charge in [0.05, 0.1) is 29.9 Å². The zero-order chi connectivity index (χ0) is 27.0. The van der Waals surface area contributed by atoms with Crippen molar-refractivity contribution in [3.05, 3.63) is 107 Å². The molecule has 5 nitrogen and oxygen atoms in total. The number of esters is 1. The number of nitrogens with zero attached hydrogens (tertiary/aromatic N) is 1. The quantitative estimate of drug-likeness (QED) is 0.315. The van der Waals surface area contributed by atoms with Gasteiger partial charge in [0.1, 0.15) is 5.70 Å². The van der Waals surface area contributed by atoms with Crippen LogP contribution in [0.25, 0.3) is 0 Å². The summed E-state index contributed by atoms with van der Waals surface area (Å²) in [5, 5.41) is 2.58. The molecule has 0 spiro atoms. The number of hydrogen-bond donors (Lipinski definition) is 1. The van der Waals surface area contributed by atoms with E-state index < -0.39 is 47.1 Å². The molecule has 0 aliphatic carbocycles. The molecule has 1 atom stereocenters. The summed E-state index contributed by atoms with van der Waals surface area (Å²) in [6.07, 6.45) is -9.38. The smallest absolute Gasteiger partial charge is 0.416 e. The highest BCUT2D eigenvalue weighted by Crippen LogP contribution is 2.43. The van der Waals surface area contributed by atoms with Crippen molar-refractivity contribution in [2.75, 3.05) is 17.3 Å². The van der Waals surface area contributed by atoms with E-state index in [1.54, 1.807) is 30.3 Å². The van der Waals surface area contributed by atoms with Gasteiger partial charge in [-0.25, -0.2) is 4.79 Å². The van der Waals surface area contributed by atoms with Crippen LogP contribution in [0.15, 0.2) is 90.1 Å². The van der Waals surface area contributed by atoms with Crippen LogP contribution in [0.2, 0.25) is 0 Å². The van der Waals surface area contributed by atoms with Crippen molar-refractivity contribution in [2.24, 2.45) is 0 Å². The van der Waals surface area contributed by atoms with Gasteiger partial charge in [-0.2, -0.15) is 26.3 Å². The van der Waals surface area contributed by atoms with Crippen molar-refractivity contribution in [2.45, 2.75) is 18.4 Å². The fraction of sp³-hybridized carbons (Fsp3) is 0.154. The van der Waals surface area contributed by atoms with Crippen LogP contribution in [0.1, 0.15) is 22.7 Å². The van der Waals surface area contributed by atoms with Crippen LogP contribution in [0.4, 0.5) is 37.7 Å². The molecule has 4 rings (SSSR count). The first kappa shape index (κ1) is 25.8. The number of alkyl halides is 6. The van der Waals surface area contributed by atoms with Crippen LogP contribution in [-0.4, -0.2) is 19.0 Å². The number of benzene rings is 3. The summed E-state index contributed by atoms with van der Waals surface area (Å²) in [5.74, 6) is -1.91. The lowest BCUT2D eigenvalue weighted by molar-refractivity contribution is -0.138. The Hall–Kier alpha value is -4.28. The zero-order valence-corrected chi connectivity index (χ0v) is 19.0. The molecule has 1 unspecified atom stereocenters. The van der Waals surface area contributed by atoms with E-state index in [-0.39, 0.29) is 16.9 Å². The number of hydrogen-bond acceptors (Lipinski definition) is 4. The fourth-order valence-electron chi connectivity index (χ4n) is 4.03. The molecule has 1 aliphatic heterocycles. The zero-order valence-electron chi connectivity index (χ0n) is 19.0. The van der Waals surface area contributed by atoms with Crippen molar-refractivity contribution in [3.63, 3.8) is 0 Å². The number of carbonyl (C=O) groups excluding carboxylic acids is 2. The first-order chi connectivity index (χ1) is 17.4. The maximum atomic E-state index is 13.7. The highest BCUT2D eigenvalue weighted by atomic mass is 19.4. The van der Waals surface area contributed by atoms with E-state index in [0.29, 0.717) is 5.56 Å². The summed E-state index contributed by atoms with van der Waals surface area (Å²) in [5.41, 5.74) is -2.67. The monoisotopic (exact) mass is 520 g/mol. The van der Waals surface area contributed by atoms with E-state index in [2.05, 4.69) is 5.32 Å². The van der Waals surface area contributed by atoms with Crippen LogP contribution in [-0.2, 0) is 26.7 Å². The summed E-state index contributed by atoms with van der Waals surface area (Å²) < 4.78 is 84.9. The molecule has 1 heterocycles. The topological polar surface area (TPSA) is 58.6 Å². The summed E-state index contributed by atoms with van der Waals surface area (Å²) in [6, 6.07) is 14.7. The molecule has 192 valence electrons. The minimum atomic E-state index is -4.71. The molecular weight excluding hydrogens is 502 g/mol. The Morgan fingerprint density at radius 1 is 0.838 bits per heavy atom. The highest BCUT2D eigenvalue weighted by Gasteiger charge is 2.45. The second kappa shape index (κ2) is 9.64. The number of nitrogens with one attached hydrogen (secondary N) is 1. The summed E-state index contributed by atoms with van der Waals surface area (Å²) in [4.78, 5) is 27.6. The van der Waals surface area contributed by atoms with E-state index in [9.17, 15) is 35.9 Å². The Kier molecular flexibility index (Phi) is 6.72. The minimum Gasteiger partial charge on any atom is -0.466 e. The molecule has 0 bridgehead atoms. The minimum absolute atomic E-state index is 0.155. The third-order valence-electron chi connectivity index (χ3n) is 5.67. The van der Waals surface area contributed by atoms with Crippen molar-refractivity contribution in [3.8, 4) is 0 Å². The maximum Gasteiger partial charge on any atom is 0.416 e. The largest absolute Gasteiger partial charge is 0.466 e. The number of anilines is 2. The maximum absolute atomic E-state index is 13.7. The molecule has 3 aromatic rings. The van der Waals surface area contributed by atoms with Gasteiger partial charge in [0.15, 0.2) is 0 Å². The summed E-state index contributed by atoms with van der Waals surface area (Å²) in [6.45, 7) is 0. The summed E-state index contributed by atoms with van der Waals surface area (Å²) >= 11 is 0. The molecular formula is C26H18F6N2O3. The normalized spacial score (nSPS) is 16.2. The Morgan fingerprint density at radius 3 is 2.03 bits per heavy atom. The predicted octanol–water partition coefficient (Wildman–Crippen LogP) is 6.35. The van der Waals surface area contributed by atoms with Crippen molar-refractivity contribution < 1.29 is 40.7 Å². The molecule has 0 radical (unpaired) electrons. The Bertz CT molecular complexity index is 1370. The molecule has 1 aliphatic rings. The number of rotatable bonds is 5. The van der Waals surface area contributed by atoms with E-state index in [1.165, 1.54) is 12.1 Å². The molecule has 0 saturated carbocycles. The molecule has 0 aromatic heterocycles. The molecule has 0 saturated heterocycles. The lowest BCUT2D eigenvalue weighted by Crippen LogP contribution is -2.32. The van der Waals surface area contributed by atoms with Gasteiger partial charge in [-0.15, -0.1) is 0 Å². The van der Waals surface area contributed by atoms with Crippen LogP contribution < -0.4 is 10.2 Å². The first-order valence-electron chi connectivity index (χ1n) is 10.7. The lowest BCUT2D eigenvalue weighted by atomic mass is 9.98. The second-order valence-electron chi connectivity index (χ2n) is 8.02. The van der Waals surface area contributed by atoms with Gasteiger partial charge in [-0.05, 0) is 42.0 Å². The van der Waals surface area contributed by atoms with Gasteiger partial charge in [0.2, 0.25) is 0 Å². The lowest BCUT2D eigenvalue weighted by Gasteiger charge is -2.27.